The molecule has 1 atom stereocenters. The van der Waals surface area contributed by atoms with Crippen LogP contribution in [0.5, 0.6) is 0 Å². The third-order valence-electron chi connectivity index (χ3n) is 2.25. The van der Waals surface area contributed by atoms with Gasteiger partial charge in [-0.1, -0.05) is 18.2 Å². The number of rotatable bonds is 4. The number of nitrogens with one attached hydrogen (secondary N) is 2. The molecule has 3 N–H and O–H groups in total. The minimum atomic E-state index is -0.936. The highest BCUT2D eigenvalue weighted by Gasteiger charge is 2.11. The summed E-state index contributed by atoms with van der Waals surface area (Å²) in [6, 6.07) is 6.58. The molecule has 1 unspecified atom stereocenters. The molecule has 0 fully saturated rings. The van der Waals surface area contributed by atoms with E-state index >= 15 is 0 Å². The first kappa shape index (κ1) is 13.0. The van der Waals surface area contributed by atoms with Gasteiger partial charge in [0.1, 0.15) is 0 Å². The number of aryl methyl sites for hydroxylation is 1. The quantitative estimate of drug-likeness (QED) is 0.748. The van der Waals surface area contributed by atoms with Crippen LogP contribution >= 0.6 is 0 Å². The number of hydrogen-bond acceptors (Lipinski definition) is 2. The van der Waals surface area contributed by atoms with Crippen molar-refractivity contribution in [2.45, 2.75) is 26.3 Å². The number of carbonyl (C=O) groups is 2. The number of hydrogen-bond donors (Lipinski definition) is 3. The van der Waals surface area contributed by atoms with Crippen molar-refractivity contribution >= 4 is 17.7 Å². The molecule has 0 aromatic heterocycles. The van der Waals surface area contributed by atoms with Crippen molar-refractivity contribution in [3.63, 3.8) is 0 Å². The van der Waals surface area contributed by atoms with Crippen molar-refractivity contribution in [1.82, 2.24) is 5.32 Å². The number of urea groups is 1. The number of amides is 2. The number of para-hydroxylation sites is 1. The van der Waals surface area contributed by atoms with Crippen LogP contribution in [-0.4, -0.2) is 23.1 Å². The van der Waals surface area contributed by atoms with Crippen LogP contribution < -0.4 is 10.6 Å². The second-order valence-corrected chi connectivity index (χ2v) is 3.91. The van der Waals surface area contributed by atoms with Gasteiger partial charge in [0.15, 0.2) is 0 Å². The zero-order valence-electron chi connectivity index (χ0n) is 9.86. The van der Waals surface area contributed by atoms with E-state index in [9.17, 15) is 9.59 Å². The normalized spacial score (nSPS) is 11.6. The fraction of sp³-hybridized carbons (Fsp3) is 0.333. The Kier molecular flexibility index (Phi) is 4.51. The molecule has 0 saturated heterocycles. The van der Waals surface area contributed by atoms with Crippen molar-refractivity contribution in [1.29, 1.82) is 0 Å². The molecular formula is C12H16N2O3. The van der Waals surface area contributed by atoms with Gasteiger partial charge in [0.25, 0.3) is 0 Å². The van der Waals surface area contributed by atoms with Gasteiger partial charge in [-0.15, -0.1) is 0 Å². The Hall–Kier alpha value is -2.04. The topological polar surface area (TPSA) is 78.4 Å². The lowest BCUT2D eigenvalue weighted by atomic mass is 10.2. The number of carboxylic acids is 1. The Labute approximate surface area is 99.8 Å². The molecule has 0 bridgehead atoms. The molecule has 1 aromatic rings. The molecule has 0 aliphatic rings. The second-order valence-electron chi connectivity index (χ2n) is 3.91. The number of aliphatic carboxylic acids is 1. The molecule has 5 nitrogen and oxygen atoms in total. The van der Waals surface area contributed by atoms with Gasteiger partial charge < -0.3 is 15.7 Å². The number of anilines is 1. The highest BCUT2D eigenvalue weighted by Crippen LogP contribution is 2.12. The summed E-state index contributed by atoms with van der Waals surface area (Å²) in [7, 11) is 0. The van der Waals surface area contributed by atoms with Crippen LogP contribution in [-0.2, 0) is 4.79 Å². The van der Waals surface area contributed by atoms with Gasteiger partial charge in [0.2, 0.25) is 0 Å². The van der Waals surface area contributed by atoms with E-state index < -0.39 is 18.0 Å². The maximum Gasteiger partial charge on any atom is 0.319 e. The van der Waals surface area contributed by atoms with E-state index in [4.69, 9.17) is 5.11 Å². The minimum Gasteiger partial charge on any atom is -0.481 e. The van der Waals surface area contributed by atoms with Crippen molar-refractivity contribution in [3.05, 3.63) is 29.8 Å². The summed E-state index contributed by atoms with van der Waals surface area (Å²) < 4.78 is 0. The molecule has 92 valence electrons. The molecule has 0 saturated carbocycles. The summed E-state index contributed by atoms with van der Waals surface area (Å²) >= 11 is 0. The third kappa shape index (κ3) is 4.55. The molecule has 0 aliphatic carbocycles. The average Bonchev–Trinajstić information content (AvgIpc) is 2.19. The molecule has 0 aliphatic heterocycles. The maximum atomic E-state index is 11.5. The molecule has 17 heavy (non-hydrogen) atoms. The number of benzene rings is 1. The van der Waals surface area contributed by atoms with Gasteiger partial charge in [0.05, 0.1) is 6.42 Å². The summed E-state index contributed by atoms with van der Waals surface area (Å²) in [5.74, 6) is -0.936. The van der Waals surface area contributed by atoms with E-state index in [0.29, 0.717) is 5.69 Å². The predicted molar refractivity (Wildman–Crippen MR) is 65.0 cm³/mol. The fourth-order valence-corrected chi connectivity index (χ4v) is 1.41. The highest BCUT2D eigenvalue weighted by molar-refractivity contribution is 5.90. The van der Waals surface area contributed by atoms with Gasteiger partial charge in [-0.2, -0.15) is 0 Å². The van der Waals surface area contributed by atoms with E-state index in [2.05, 4.69) is 10.6 Å². The Morgan fingerprint density at radius 3 is 2.59 bits per heavy atom. The van der Waals surface area contributed by atoms with Crippen LogP contribution in [0.3, 0.4) is 0 Å². The Morgan fingerprint density at radius 1 is 1.35 bits per heavy atom. The third-order valence-corrected chi connectivity index (χ3v) is 2.25. The van der Waals surface area contributed by atoms with Gasteiger partial charge in [-0.05, 0) is 25.5 Å². The largest absolute Gasteiger partial charge is 0.481 e. The van der Waals surface area contributed by atoms with Crippen LogP contribution in [0.25, 0.3) is 0 Å². The summed E-state index contributed by atoms with van der Waals surface area (Å²) in [4.78, 5) is 22.0. The molecule has 5 heteroatoms. The lowest BCUT2D eigenvalue weighted by Crippen LogP contribution is -2.37. The molecule has 2 amide bonds. The zero-order chi connectivity index (χ0) is 12.8. The Balaban J connectivity index is 2.50. The second kappa shape index (κ2) is 5.89. The summed E-state index contributed by atoms with van der Waals surface area (Å²) in [5, 5.41) is 13.8. The van der Waals surface area contributed by atoms with Crippen LogP contribution in [0, 0.1) is 6.92 Å². The minimum absolute atomic E-state index is 0.0960. The van der Waals surface area contributed by atoms with Crippen LogP contribution in [0.4, 0.5) is 10.5 Å². The Bertz CT molecular complexity index is 418. The van der Waals surface area contributed by atoms with Gasteiger partial charge in [-0.25, -0.2) is 4.79 Å². The molecule has 0 heterocycles. The standard InChI is InChI=1S/C12H16N2O3/c1-8-5-3-4-6-10(8)14-12(17)13-9(2)7-11(15)16/h3-6,9H,7H2,1-2H3,(H,15,16)(H2,13,14,17). The number of carbonyl (C=O) groups excluding carboxylic acids is 1. The van der Waals surface area contributed by atoms with Crippen molar-refractivity contribution < 1.29 is 14.7 Å². The fourth-order valence-electron chi connectivity index (χ4n) is 1.41. The van der Waals surface area contributed by atoms with Crippen LogP contribution in [0.15, 0.2) is 24.3 Å². The van der Waals surface area contributed by atoms with E-state index in [1.807, 2.05) is 25.1 Å². The van der Waals surface area contributed by atoms with E-state index in [0.717, 1.165) is 5.56 Å². The van der Waals surface area contributed by atoms with Crippen molar-refractivity contribution in [2.75, 3.05) is 5.32 Å². The van der Waals surface area contributed by atoms with Crippen molar-refractivity contribution in [3.8, 4) is 0 Å². The first-order valence-corrected chi connectivity index (χ1v) is 5.34. The van der Waals surface area contributed by atoms with Gasteiger partial charge >= 0.3 is 12.0 Å². The molecular weight excluding hydrogens is 220 g/mol. The smallest absolute Gasteiger partial charge is 0.319 e. The number of carboxylic acid groups (broad SMARTS) is 1. The Morgan fingerprint density at radius 2 is 2.00 bits per heavy atom. The summed E-state index contributed by atoms with van der Waals surface area (Å²) in [6.45, 7) is 3.53. The van der Waals surface area contributed by atoms with E-state index in [1.165, 1.54) is 0 Å². The highest BCUT2D eigenvalue weighted by atomic mass is 16.4. The summed E-state index contributed by atoms with van der Waals surface area (Å²) in [6.07, 6.45) is -0.0960. The molecule has 1 rings (SSSR count). The van der Waals surface area contributed by atoms with Crippen molar-refractivity contribution in [2.24, 2.45) is 0 Å². The molecule has 0 radical (unpaired) electrons. The monoisotopic (exact) mass is 236 g/mol. The lowest BCUT2D eigenvalue weighted by molar-refractivity contribution is -0.137. The zero-order valence-corrected chi connectivity index (χ0v) is 9.86. The first-order valence-electron chi connectivity index (χ1n) is 5.34. The molecule has 0 spiro atoms. The van der Waals surface area contributed by atoms with Crippen LogP contribution in [0.2, 0.25) is 0 Å². The predicted octanol–water partition coefficient (Wildman–Crippen LogP) is 1.98. The van der Waals surface area contributed by atoms with Gasteiger partial charge in [-0.3, -0.25) is 4.79 Å². The molecule has 1 aromatic carbocycles. The lowest BCUT2D eigenvalue weighted by Gasteiger charge is -2.13. The van der Waals surface area contributed by atoms with Gasteiger partial charge in [0, 0.05) is 11.7 Å². The van der Waals surface area contributed by atoms with E-state index in [-0.39, 0.29) is 6.42 Å². The maximum absolute atomic E-state index is 11.5. The SMILES string of the molecule is Cc1ccccc1NC(=O)NC(C)CC(=O)O. The first-order chi connectivity index (χ1) is 7.99. The average molecular weight is 236 g/mol. The van der Waals surface area contributed by atoms with E-state index in [1.54, 1.807) is 13.0 Å². The van der Waals surface area contributed by atoms with Crippen LogP contribution in [0.1, 0.15) is 18.9 Å². The summed E-state index contributed by atoms with van der Waals surface area (Å²) in [5.41, 5.74) is 1.67.